The van der Waals surface area contributed by atoms with Crippen LogP contribution in [0.4, 0.5) is 5.69 Å². The zero-order valence-corrected chi connectivity index (χ0v) is 24.2. The lowest BCUT2D eigenvalue weighted by Gasteiger charge is -2.37. The number of allylic oxidation sites excluding steroid dienone is 1. The number of carbonyl (C=O) groups is 2. The van der Waals surface area contributed by atoms with Crippen molar-refractivity contribution in [2.45, 2.75) is 27.4 Å². The van der Waals surface area contributed by atoms with Gasteiger partial charge in [0.15, 0.2) is 0 Å². The molecule has 0 spiro atoms. The molecule has 1 aliphatic heterocycles. The molecule has 1 heterocycles. The molecule has 0 aromatic heterocycles. The second-order valence-corrected chi connectivity index (χ2v) is 9.47. The van der Waals surface area contributed by atoms with Crippen LogP contribution in [-0.4, -0.2) is 41.7 Å². The number of rotatable bonds is 10. The Hall–Kier alpha value is -5.20. The highest BCUT2D eigenvalue weighted by Gasteiger charge is 2.41. The van der Waals surface area contributed by atoms with Crippen LogP contribution in [0.3, 0.4) is 0 Å². The minimum Gasteiger partial charge on any atom is -0.463 e. The molecule has 220 valence electrons. The average molecular weight is 581 g/mol. The molecule has 3 aromatic rings. The zero-order valence-electron chi connectivity index (χ0n) is 24.2. The summed E-state index contributed by atoms with van der Waals surface area (Å²) in [5, 5.41) is 11.1. The molecule has 0 radical (unpaired) electrons. The number of hydrogen-bond donors (Lipinski definition) is 0. The van der Waals surface area contributed by atoms with E-state index in [0.29, 0.717) is 34.7 Å². The fourth-order valence-electron chi connectivity index (χ4n) is 4.65. The summed E-state index contributed by atoms with van der Waals surface area (Å²) in [7, 11) is 0. The summed E-state index contributed by atoms with van der Waals surface area (Å²) < 4.78 is 17.1. The third kappa shape index (κ3) is 7.36. The Labute approximate surface area is 250 Å². The molecule has 1 unspecified atom stereocenters. The number of nitrogens with zero attached hydrogens (tertiary/aromatic N) is 2. The molecule has 9 nitrogen and oxygen atoms in total. The SMILES string of the molecule is CCOCN1C(C)=C(C(=O)OCC)C(C#Cc2ccccc2)C(C(=O)OCc2ccc([N+](=O)[O-])cc2)=C1c1ccccc1. The van der Waals surface area contributed by atoms with Crippen LogP contribution in [0, 0.1) is 27.9 Å². The summed E-state index contributed by atoms with van der Waals surface area (Å²) in [5.41, 5.74) is 3.33. The first kappa shape index (κ1) is 30.8. The molecule has 1 atom stereocenters. The highest BCUT2D eigenvalue weighted by Crippen LogP contribution is 2.41. The lowest BCUT2D eigenvalue weighted by molar-refractivity contribution is -0.384. The van der Waals surface area contributed by atoms with Gasteiger partial charge in [-0.05, 0) is 56.2 Å². The first-order valence-electron chi connectivity index (χ1n) is 13.8. The molecule has 9 heteroatoms. The quantitative estimate of drug-likeness (QED) is 0.127. The van der Waals surface area contributed by atoms with E-state index < -0.39 is 22.8 Å². The third-order valence-corrected chi connectivity index (χ3v) is 6.74. The van der Waals surface area contributed by atoms with Crippen LogP contribution in [0.15, 0.2) is 102 Å². The topological polar surface area (TPSA) is 108 Å². The van der Waals surface area contributed by atoms with Crippen LogP contribution in [0.25, 0.3) is 5.70 Å². The Morgan fingerprint density at radius 2 is 1.49 bits per heavy atom. The van der Waals surface area contributed by atoms with Crippen molar-refractivity contribution in [3.05, 3.63) is 129 Å². The Morgan fingerprint density at radius 3 is 2.09 bits per heavy atom. The molecule has 3 aromatic carbocycles. The van der Waals surface area contributed by atoms with Crippen LogP contribution < -0.4 is 0 Å². The van der Waals surface area contributed by atoms with E-state index in [1.54, 1.807) is 18.7 Å². The monoisotopic (exact) mass is 580 g/mol. The van der Waals surface area contributed by atoms with Gasteiger partial charge >= 0.3 is 11.9 Å². The smallest absolute Gasteiger partial charge is 0.338 e. The summed E-state index contributed by atoms with van der Waals surface area (Å²) in [5.74, 6) is 4.01. The normalized spacial score (nSPS) is 14.6. The van der Waals surface area contributed by atoms with E-state index in [1.807, 2.05) is 67.6 Å². The van der Waals surface area contributed by atoms with Crippen LogP contribution in [0.5, 0.6) is 0 Å². The maximum Gasteiger partial charge on any atom is 0.338 e. The van der Waals surface area contributed by atoms with Crippen molar-refractivity contribution in [2.75, 3.05) is 19.9 Å². The summed E-state index contributed by atoms with van der Waals surface area (Å²) >= 11 is 0. The van der Waals surface area contributed by atoms with Gasteiger partial charge in [-0.2, -0.15) is 0 Å². The number of esters is 2. The predicted octanol–water partition coefficient (Wildman–Crippen LogP) is 5.86. The summed E-state index contributed by atoms with van der Waals surface area (Å²) in [6, 6.07) is 24.3. The van der Waals surface area contributed by atoms with Crippen LogP contribution >= 0.6 is 0 Å². The average Bonchev–Trinajstić information content (AvgIpc) is 3.02. The molecule has 0 saturated heterocycles. The Kier molecular flexibility index (Phi) is 10.5. The summed E-state index contributed by atoms with van der Waals surface area (Å²) in [6.45, 7) is 5.80. The molecule has 0 fully saturated rings. The van der Waals surface area contributed by atoms with Gasteiger partial charge in [0.2, 0.25) is 0 Å². The standard InChI is InChI=1S/C34H32N2O7/c1-4-41-23-35-24(3)30(33(37)42-5-2)29(21-18-25-12-8-6-9-13-25)31(32(35)27-14-10-7-11-15-27)34(38)43-22-26-16-19-28(20-17-26)36(39)40/h6-17,19-20,29H,4-5,22-23H2,1-3H3. The van der Waals surface area contributed by atoms with Gasteiger partial charge < -0.3 is 19.1 Å². The number of hydrogen-bond acceptors (Lipinski definition) is 8. The second kappa shape index (κ2) is 14.6. The zero-order chi connectivity index (χ0) is 30.8. The van der Waals surface area contributed by atoms with Gasteiger partial charge in [-0.25, -0.2) is 9.59 Å². The highest BCUT2D eigenvalue weighted by atomic mass is 16.6. The van der Waals surface area contributed by atoms with Gasteiger partial charge in [-0.1, -0.05) is 60.4 Å². The molecule has 43 heavy (non-hydrogen) atoms. The number of ether oxygens (including phenoxy) is 3. The minimum absolute atomic E-state index is 0.0629. The number of nitro groups is 1. The lowest BCUT2D eigenvalue weighted by Crippen LogP contribution is -2.37. The van der Waals surface area contributed by atoms with Crippen molar-refractivity contribution in [1.29, 1.82) is 0 Å². The molecule has 1 aliphatic rings. The van der Waals surface area contributed by atoms with Gasteiger partial charge in [-0.15, -0.1) is 0 Å². The van der Waals surface area contributed by atoms with E-state index in [9.17, 15) is 19.7 Å². The van der Waals surface area contributed by atoms with Crippen molar-refractivity contribution in [2.24, 2.45) is 5.92 Å². The number of nitro benzene ring substituents is 1. The van der Waals surface area contributed by atoms with E-state index >= 15 is 0 Å². The van der Waals surface area contributed by atoms with Crippen LogP contribution in [0.1, 0.15) is 37.5 Å². The van der Waals surface area contributed by atoms with Crippen molar-refractivity contribution in [3.63, 3.8) is 0 Å². The van der Waals surface area contributed by atoms with Gasteiger partial charge in [0.1, 0.15) is 13.3 Å². The van der Waals surface area contributed by atoms with Gasteiger partial charge in [-0.3, -0.25) is 10.1 Å². The van der Waals surface area contributed by atoms with Crippen LogP contribution in [-0.2, 0) is 30.4 Å². The predicted molar refractivity (Wildman–Crippen MR) is 161 cm³/mol. The molecule has 0 N–H and O–H groups in total. The van der Waals surface area contributed by atoms with Crippen molar-refractivity contribution < 1.29 is 28.7 Å². The minimum atomic E-state index is -0.989. The Balaban J connectivity index is 1.89. The van der Waals surface area contributed by atoms with E-state index in [2.05, 4.69) is 11.8 Å². The highest BCUT2D eigenvalue weighted by molar-refractivity contribution is 6.04. The van der Waals surface area contributed by atoms with Crippen LogP contribution in [0.2, 0.25) is 0 Å². The van der Waals surface area contributed by atoms with Gasteiger partial charge in [0.25, 0.3) is 5.69 Å². The lowest BCUT2D eigenvalue weighted by atomic mass is 9.83. The second-order valence-electron chi connectivity index (χ2n) is 9.47. The summed E-state index contributed by atoms with van der Waals surface area (Å²) in [4.78, 5) is 39.9. The van der Waals surface area contributed by atoms with Gasteiger partial charge in [0.05, 0.1) is 34.3 Å². The maximum absolute atomic E-state index is 14.1. The van der Waals surface area contributed by atoms with E-state index in [4.69, 9.17) is 14.2 Å². The Bertz CT molecular complexity index is 1580. The molecular formula is C34H32N2O7. The van der Waals surface area contributed by atoms with Crippen molar-refractivity contribution in [3.8, 4) is 11.8 Å². The number of carbonyl (C=O) groups excluding carboxylic acids is 2. The summed E-state index contributed by atoms with van der Waals surface area (Å²) in [6.07, 6.45) is 0. The third-order valence-electron chi connectivity index (χ3n) is 6.74. The van der Waals surface area contributed by atoms with E-state index in [-0.39, 0.29) is 36.8 Å². The largest absolute Gasteiger partial charge is 0.463 e. The first-order chi connectivity index (χ1) is 20.8. The van der Waals surface area contributed by atoms with Crippen molar-refractivity contribution >= 4 is 23.3 Å². The molecule has 0 saturated carbocycles. The molecule has 0 amide bonds. The number of benzene rings is 3. The molecular weight excluding hydrogens is 548 g/mol. The van der Waals surface area contributed by atoms with Crippen molar-refractivity contribution in [1.82, 2.24) is 4.90 Å². The first-order valence-corrected chi connectivity index (χ1v) is 13.8. The molecule has 0 bridgehead atoms. The van der Waals surface area contributed by atoms with Gasteiger partial charge in [0, 0.05) is 30.0 Å². The number of non-ortho nitro benzene ring substituents is 1. The fraction of sp³-hybridized carbons (Fsp3) is 0.235. The maximum atomic E-state index is 14.1. The Morgan fingerprint density at radius 1 is 0.860 bits per heavy atom. The van der Waals surface area contributed by atoms with E-state index in [1.165, 1.54) is 24.3 Å². The van der Waals surface area contributed by atoms with E-state index in [0.717, 1.165) is 0 Å². The fourth-order valence-corrected chi connectivity index (χ4v) is 4.65. The molecule has 4 rings (SSSR count). The molecule has 0 aliphatic carbocycles.